The molecule has 70 heavy (non-hydrogen) atoms. The van der Waals surface area contributed by atoms with Crippen molar-refractivity contribution >= 4 is 65.6 Å². The van der Waals surface area contributed by atoms with Gasteiger partial charge in [0.1, 0.15) is 0 Å². The molecular weight excluding hydrogens is 865 g/mol. The molecule has 2 aliphatic rings. The van der Waals surface area contributed by atoms with Crippen molar-refractivity contribution in [2.45, 2.75) is 5.41 Å². The first-order chi connectivity index (χ1) is 34.7. The maximum Gasteiger partial charge on any atom is 0.0755 e. The fourth-order valence-corrected chi connectivity index (χ4v) is 12.8. The summed E-state index contributed by atoms with van der Waals surface area (Å²) in [6.07, 6.45) is 0. The van der Waals surface area contributed by atoms with Gasteiger partial charge in [0.25, 0.3) is 0 Å². The lowest BCUT2D eigenvalue weighted by atomic mass is 9.64. The fourth-order valence-electron chi connectivity index (χ4n) is 11.7. The monoisotopic (exact) mass is 908 g/mol. The van der Waals surface area contributed by atoms with Crippen LogP contribution in [0.15, 0.2) is 267 Å². The Kier molecular flexibility index (Phi) is 9.33. The standard InChI is InChI=1S/C67H44N2S/c1-3-19-46(20-4-1)51-23-7-8-24-52(51)55-26-10-15-31-62(55)68(49-38-35-45(36-39-49)47-37-42-66-57(43-47)56-27-11-18-34-65(56)70-66)50-40-41-54-53-25-9-12-28-58(53)67(61(54)44-50)59-29-13-16-32-63(59)69(48-21-5-2-6-22-48)64-33-17-14-30-60(64)67/h1-44H. The Morgan fingerprint density at radius 2 is 0.857 bits per heavy atom. The molecule has 12 aromatic rings. The minimum Gasteiger partial charge on any atom is -0.310 e. The molecule has 0 atom stereocenters. The fraction of sp³-hybridized carbons (Fsp3) is 0.0149. The van der Waals surface area contributed by atoms with Crippen LogP contribution in [0.4, 0.5) is 34.1 Å². The highest BCUT2D eigenvalue weighted by Crippen LogP contribution is 2.64. The molecule has 0 unspecified atom stereocenters. The number of fused-ring (bicyclic) bond motifs is 12. The van der Waals surface area contributed by atoms with E-state index in [4.69, 9.17) is 0 Å². The molecule has 14 rings (SSSR count). The van der Waals surface area contributed by atoms with Gasteiger partial charge < -0.3 is 9.80 Å². The number of nitrogens with zero attached hydrogens (tertiary/aromatic N) is 2. The van der Waals surface area contributed by atoms with Gasteiger partial charge in [0, 0.05) is 42.8 Å². The van der Waals surface area contributed by atoms with Crippen LogP contribution in [0.5, 0.6) is 0 Å². The summed E-state index contributed by atoms with van der Waals surface area (Å²) in [7, 11) is 0. The lowest BCUT2D eigenvalue weighted by Gasteiger charge is -2.45. The summed E-state index contributed by atoms with van der Waals surface area (Å²) in [6, 6.07) is 98.7. The predicted octanol–water partition coefficient (Wildman–Crippen LogP) is 18.7. The summed E-state index contributed by atoms with van der Waals surface area (Å²) in [5.41, 5.74) is 21.0. The van der Waals surface area contributed by atoms with Gasteiger partial charge in [0.2, 0.25) is 0 Å². The number of benzene rings is 11. The zero-order valence-corrected chi connectivity index (χ0v) is 39.0. The van der Waals surface area contributed by atoms with Gasteiger partial charge in [-0.25, -0.2) is 0 Å². The first-order valence-corrected chi connectivity index (χ1v) is 24.9. The minimum atomic E-state index is -0.597. The summed E-state index contributed by atoms with van der Waals surface area (Å²) in [6.45, 7) is 0. The second-order valence-electron chi connectivity index (χ2n) is 18.4. The molecule has 0 N–H and O–H groups in total. The smallest absolute Gasteiger partial charge is 0.0755 e. The summed E-state index contributed by atoms with van der Waals surface area (Å²) in [4.78, 5) is 4.94. The van der Waals surface area contributed by atoms with Crippen molar-refractivity contribution in [2.75, 3.05) is 9.80 Å². The molecule has 1 spiro atoms. The topological polar surface area (TPSA) is 6.48 Å². The van der Waals surface area contributed by atoms with Crippen molar-refractivity contribution < 1.29 is 0 Å². The molecule has 1 aliphatic carbocycles. The van der Waals surface area contributed by atoms with Gasteiger partial charge in [-0.3, -0.25) is 0 Å². The Morgan fingerprint density at radius 3 is 1.61 bits per heavy atom. The van der Waals surface area contributed by atoms with Gasteiger partial charge in [0.05, 0.1) is 22.5 Å². The Hall–Kier alpha value is -8.76. The first-order valence-electron chi connectivity index (χ1n) is 24.1. The van der Waals surface area contributed by atoms with Gasteiger partial charge >= 0.3 is 0 Å². The molecule has 328 valence electrons. The van der Waals surface area contributed by atoms with E-state index >= 15 is 0 Å². The molecule has 2 nitrogen and oxygen atoms in total. The maximum atomic E-state index is 2.50. The Balaban J connectivity index is 1.00. The van der Waals surface area contributed by atoms with E-state index in [1.165, 1.54) is 92.7 Å². The number of anilines is 6. The van der Waals surface area contributed by atoms with Crippen LogP contribution in [0.1, 0.15) is 22.3 Å². The van der Waals surface area contributed by atoms with E-state index in [1.54, 1.807) is 0 Å². The molecule has 3 heteroatoms. The highest BCUT2D eigenvalue weighted by molar-refractivity contribution is 7.25. The molecule has 0 fully saturated rings. The molecule has 0 saturated heterocycles. The Morgan fingerprint density at radius 1 is 0.314 bits per heavy atom. The summed E-state index contributed by atoms with van der Waals surface area (Å²) < 4.78 is 2.63. The van der Waals surface area contributed by atoms with Crippen molar-refractivity contribution in [3.8, 4) is 44.5 Å². The highest BCUT2D eigenvalue weighted by Gasteiger charge is 2.51. The van der Waals surface area contributed by atoms with Crippen molar-refractivity contribution in [2.24, 2.45) is 0 Å². The normalized spacial score (nSPS) is 12.9. The summed E-state index contributed by atoms with van der Waals surface area (Å²) >= 11 is 1.86. The van der Waals surface area contributed by atoms with Gasteiger partial charge in [-0.1, -0.05) is 194 Å². The van der Waals surface area contributed by atoms with Crippen LogP contribution in [0.2, 0.25) is 0 Å². The van der Waals surface area contributed by atoms with Crippen LogP contribution < -0.4 is 9.80 Å². The third-order valence-electron chi connectivity index (χ3n) is 14.7. The summed E-state index contributed by atoms with van der Waals surface area (Å²) in [5, 5.41) is 2.62. The van der Waals surface area contributed by atoms with E-state index < -0.39 is 5.41 Å². The maximum absolute atomic E-state index is 2.50. The molecule has 0 radical (unpaired) electrons. The van der Waals surface area contributed by atoms with Crippen LogP contribution in [0, 0.1) is 0 Å². The van der Waals surface area contributed by atoms with Crippen LogP contribution in [0.3, 0.4) is 0 Å². The van der Waals surface area contributed by atoms with E-state index in [9.17, 15) is 0 Å². The minimum absolute atomic E-state index is 0.597. The van der Waals surface area contributed by atoms with E-state index in [2.05, 4.69) is 277 Å². The van der Waals surface area contributed by atoms with E-state index in [0.29, 0.717) is 0 Å². The average molecular weight is 909 g/mol. The van der Waals surface area contributed by atoms with Crippen molar-refractivity contribution in [3.05, 3.63) is 289 Å². The third-order valence-corrected chi connectivity index (χ3v) is 15.8. The SMILES string of the molecule is c1ccc(-c2ccccc2-c2ccccc2N(c2ccc(-c3ccc4sc5ccccc5c4c3)cc2)c2ccc3c(c2)C2(c4ccccc4-3)c3ccccc3N(c3ccccc3)c3ccccc32)cc1. The number of rotatable bonds is 7. The van der Waals surface area contributed by atoms with Crippen LogP contribution in [-0.4, -0.2) is 0 Å². The van der Waals surface area contributed by atoms with Crippen LogP contribution >= 0.6 is 11.3 Å². The quantitative estimate of drug-likeness (QED) is 0.157. The van der Waals surface area contributed by atoms with Gasteiger partial charge in [-0.15, -0.1) is 11.3 Å². The van der Waals surface area contributed by atoms with Crippen molar-refractivity contribution in [1.82, 2.24) is 0 Å². The lowest BCUT2D eigenvalue weighted by molar-refractivity contribution is 0.752. The van der Waals surface area contributed by atoms with Gasteiger partial charge in [-0.05, 0) is 134 Å². The molecule has 0 saturated carbocycles. The Bertz CT molecular complexity index is 3920. The zero-order chi connectivity index (χ0) is 46.2. The second-order valence-corrected chi connectivity index (χ2v) is 19.4. The van der Waals surface area contributed by atoms with Crippen molar-refractivity contribution in [1.29, 1.82) is 0 Å². The molecule has 0 bridgehead atoms. The largest absolute Gasteiger partial charge is 0.310 e. The molecule has 1 aromatic heterocycles. The molecule has 2 heterocycles. The zero-order valence-electron chi connectivity index (χ0n) is 38.2. The lowest BCUT2D eigenvalue weighted by Crippen LogP contribution is -2.36. The molecular formula is C67H44N2S. The van der Waals surface area contributed by atoms with Gasteiger partial charge in [-0.2, -0.15) is 0 Å². The van der Waals surface area contributed by atoms with Gasteiger partial charge in [0.15, 0.2) is 0 Å². The molecule has 11 aromatic carbocycles. The molecule has 0 amide bonds. The third kappa shape index (κ3) is 6.12. The average Bonchev–Trinajstić information content (AvgIpc) is 3.96. The number of thiophene rings is 1. The van der Waals surface area contributed by atoms with Crippen LogP contribution in [0.25, 0.3) is 64.7 Å². The van der Waals surface area contributed by atoms with E-state index in [-0.39, 0.29) is 0 Å². The number of hydrogen-bond acceptors (Lipinski definition) is 3. The Labute approximate surface area is 412 Å². The van der Waals surface area contributed by atoms with E-state index in [0.717, 1.165) is 28.3 Å². The molecule has 1 aliphatic heterocycles. The highest BCUT2D eigenvalue weighted by atomic mass is 32.1. The van der Waals surface area contributed by atoms with Crippen molar-refractivity contribution in [3.63, 3.8) is 0 Å². The first kappa shape index (κ1) is 40.3. The second kappa shape index (κ2) is 16.2. The van der Waals surface area contributed by atoms with E-state index in [1.807, 2.05) is 11.3 Å². The van der Waals surface area contributed by atoms with Crippen LogP contribution in [-0.2, 0) is 5.41 Å². The number of para-hydroxylation sites is 4. The predicted molar refractivity (Wildman–Crippen MR) is 296 cm³/mol. The summed E-state index contributed by atoms with van der Waals surface area (Å²) in [5.74, 6) is 0. The number of hydrogen-bond donors (Lipinski definition) is 0.